The normalized spacial score (nSPS) is 56.7. The van der Waals surface area contributed by atoms with Crippen LogP contribution in [0.3, 0.4) is 0 Å². The lowest BCUT2D eigenvalue weighted by Gasteiger charge is -2.71. The summed E-state index contributed by atoms with van der Waals surface area (Å²) in [4.78, 5) is 0. The van der Waals surface area contributed by atoms with E-state index in [0.29, 0.717) is 28.1 Å². The summed E-state index contributed by atoms with van der Waals surface area (Å²) in [5.41, 5.74) is 2.66. The fraction of sp³-hybridized carbons (Fsp3) is 0.933. The Bertz CT molecular complexity index is 812. The molecule has 4 saturated carbocycles. The van der Waals surface area contributed by atoms with Gasteiger partial charge >= 0.3 is 0 Å². The summed E-state index contributed by atoms with van der Waals surface area (Å²) in [6.07, 6.45) is 11.4. The fourth-order valence-corrected chi connectivity index (χ4v) is 11.3. The van der Waals surface area contributed by atoms with Gasteiger partial charge in [0, 0.05) is 5.41 Å². The third kappa shape index (κ3) is 2.61. The monoisotopic (exact) mass is 442 g/mol. The van der Waals surface area contributed by atoms with Gasteiger partial charge in [0.1, 0.15) is 0 Å². The van der Waals surface area contributed by atoms with Crippen molar-refractivity contribution in [3.05, 3.63) is 11.6 Å². The third-order valence-corrected chi connectivity index (χ3v) is 13.3. The number of aliphatic hydroxyl groups is 2. The molecule has 0 aromatic carbocycles. The van der Waals surface area contributed by atoms with E-state index in [9.17, 15) is 10.2 Å². The molecular weight excluding hydrogens is 392 g/mol. The molecule has 0 bridgehead atoms. The summed E-state index contributed by atoms with van der Waals surface area (Å²) in [7, 11) is 0. The van der Waals surface area contributed by atoms with Gasteiger partial charge in [0.25, 0.3) is 0 Å². The van der Waals surface area contributed by atoms with Gasteiger partial charge in [-0.3, -0.25) is 0 Å². The molecule has 0 spiro atoms. The molecule has 0 aromatic heterocycles. The highest BCUT2D eigenvalue weighted by Crippen LogP contribution is 2.77. The largest absolute Gasteiger partial charge is 0.390 e. The van der Waals surface area contributed by atoms with Gasteiger partial charge in [0.05, 0.1) is 12.2 Å². The van der Waals surface area contributed by atoms with E-state index in [4.69, 9.17) is 0 Å². The van der Waals surface area contributed by atoms with Crippen molar-refractivity contribution in [2.75, 3.05) is 0 Å². The molecule has 0 amide bonds. The maximum absolute atomic E-state index is 10.9. The first-order valence-electron chi connectivity index (χ1n) is 13.8. The van der Waals surface area contributed by atoms with Crippen LogP contribution in [-0.2, 0) is 0 Å². The van der Waals surface area contributed by atoms with E-state index in [1.807, 2.05) is 0 Å². The summed E-state index contributed by atoms with van der Waals surface area (Å²) in [5.74, 6) is 3.63. The molecule has 5 aliphatic rings. The van der Waals surface area contributed by atoms with Crippen molar-refractivity contribution < 1.29 is 10.2 Å². The molecule has 10 atom stereocenters. The lowest BCUT2D eigenvalue weighted by Crippen LogP contribution is -2.65. The Hall–Kier alpha value is -0.340. The van der Waals surface area contributed by atoms with E-state index in [0.717, 1.165) is 30.6 Å². The van der Waals surface area contributed by atoms with Gasteiger partial charge in [0.2, 0.25) is 0 Å². The van der Waals surface area contributed by atoms with Crippen molar-refractivity contribution in [3.8, 4) is 0 Å². The molecule has 0 aliphatic heterocycles. The van der Waals surface area contributed by atoms with Crippen LogP contribution in [0.2, 0.25) is 0 Å². The van der Waals surface area contributed by atoms with E-state index >= 15 is 0 Å². The molecule has 2 N–H and O–H groups in total. The van der Waals surface area contributed by atoms with Crippen LogP contribution in [0.15, 0.2) is 11.6 Å². The predicted octanol–water partition coefficient (Wildman–Crippen LogP) is 7.00. The number of fused-ring (bicyclic) bond motifs is 7. The van der Waals surface area contributed by atoms with Gasteiger partial charge in [0.15, 0.2) is 0 Å². The van der Waals surface area contributed by atoms with Crippen molar-refractivity contribution in [3.63, 3.8) is 0 Å². The zero-order chi connectivity index (χ0) is 23.5. The van der Waals surface area contributed by atoms with Crippen LogP contribution in [0, 0.1) is 56.7 Å². The number of hydrogen-bond acceptors (Lipinski definition) is 2. The minimum Gasteiger partial charge on any atom is -0.390 e. The molecule has 0 aromatic rings. The summed E-state index contributed by atoms with van der Waals surface area (Å²) in [5, 5.41) is 21.7. The van der Waals surface area contributed by atoms with Crippen molar-refractivity contribution >= 4 is 0 Å². The van der Waals surface area contributed by atoms with Crippen molar-refractivity contribution in [2.24, 2.45) is 56.7 Å². The van der Waals surface area contributed by atoms with Crippen molar-refractivity contribution in [1.29, 1.82) is 0 Å². The number of rotatable bonds is 1. The highest BCUT2D eigenvalue weighted by molar-refractivity contribution is 5.31. The van der Waals surface area contributed by atoms with Gasteiger partial charge in [-0.15, -0.1) is 0 Å². The van der Waals surface area contributed by atoms with E-state index in [2.05, 4.69) is 61.5 Å². The third-order valence-electron chi connectivity index (χ3n) is 13.3. The van der Waals surface area contributed by atoms with Crippen molar-refractivity contribution in [1.82, 2.24) is 0 Å². The topological polar surface area (TPSA) is 40.5 Å². The Balaban J connectivity index is 1.55. The molecule has 0 unspecified atom stereocenters. The summed E-state index contributed by atoms with van der Waals surface area (Å²) in [6.45, 7) is 19.8. The van der Waals surface area contributed by atoms with E-state index in [1.165, 1.54) is 44.1 Å². The van der Waals surface area contributed by atoms with Gasteiger partial charge in [-0.25, -0.2) is 0 Å². The molecule has 0 heterocycles. The highest BCUT2D eigenvalue weighted by Gasteiger charge is 2.70. The second-order valence-electron chi connectivity index (χ2n) is 14.8. The van der Waals surface area contributed by atoms with Crippen LogP contribution in [0.25, 0.3) is 0 Å². The lowest BCUT2D eigenvalue weighted by molar-refractivity contribution is -0.218. The minimum absolute atomic E-state index is 0.237. The van der Waals surface area contributed by atoms with Gasteiger partial charge < -0.3 is 10.2 Å². The maximum Gasteiger partial charge on any atom is 0.0887 e. The van der Waals surface area contributed by atoms with Crippen LogP contribution < -0.4 is 0 Å². The van der Waals surface area contributed by atoms with E-state index < -0.39 is 12.2 Å². The Morgan fingerprint density at radius 2 is 1.41 bits per heavy atom. The fourth-order valence-electron chi connectivity index (χ4n) is 11.3. The molecule has 182 valence electrons. The first-order chi connectivity index (χ1) is 14.7. The van der Waals surface area contributed by atoms with Gasteiger partial charge in [-0.1, -0.05) is 67.0 Å². The Morgan fingerprint density at radius 3 is 2.03 bits per heavy atom. The molecule has 0 saturated heterocycles. The molecule has 5 aliphatic carbocycles. The van der Waals surface area contributed by atoms with Gasteiger partial charge in [-0.2, -0.15) is 0 Å². The summed E-state index contributed by atoms with van der Waals surface area (Å²) < 4.78 is 0. The molecule has 4 fully saturated rings. The second-order valence-corrected chi connectivity index (χ2v) is 14.8. The van der Waals surface area contributed by atoms with Crippen LogP contribution in [-0.4, -0.2) is 22.4 Å². The lowest BCUT2D eigenvalue weighted by atomic mass is 9.33. The average molecular weight is 443 g/mol. The zero-order valence-electron chi connectivity index (χ0n) is 22.2. The minimum atomic E-state index is -0.642. The average Bonchev–Trinajstić information content (AvgIpc) is 3.07. The molecule has 2 nitrogen and oxygen atoms in total. The number of aliphatic hydroxyl groups excluding tert-OH is 2. The van der Waals surface area contributed by atoms with Gasteiger partial charge in [-0.05, 0) is 103 Å². The van der Waals surface area contributed by atoms with Crippen molar-refractivity contribution in [2.45, 2.75) is 119 Å². The molecule has 32 heavy (non-hydrogen) atoms. The second kappa shape index (κ2) is 6.87. The number of allylic oxidation sites excluding steroid dienone is 1. The molecule has 0 radical (unpaired) electrons. The standard InChI is InChI=1S/C30H50O2/c1-18(2)19-9-11-23-27(19,5)13-15-30(8)24-12-10-20-21(17-22(31)25(32)26(20,3)4)28(24,6)14-16-29(23,30)7/h10,18-19,21-25,31-32H,9,11-17H2,1-8H3/t19-,21-,22-,23+,24+,25-,27-,28+,29+,30+/m1/s1. The summed E-state index contributed by atoms with van der Waals surface area (Å²) in [6, 6.07) is 0. The Morgan fingerprint density at radius 1 is 0.812 bits per heavy atom. The first-order valence-corrected chi connectivity index (χ1v) is 13.8. The van der Waals surface area contributed by atoms with E-state index in [-0.39, 0.29) is 10.8 Å². The SMILES string of the molecule is CC(C)[C@H]1CC[C@H]2[C@]1(C)CC[C@@]1(C)[C@H]3CC=C4[C@@H](C[C@@H](O)[C@@H](O)C4(C)C)[C@]3(C)CC[C@@]21C. The smallest absolute Gasteiger partial charge is 0.0887 e. The van der Waals surface area contributed by atoms with Crippen LogP contribution >= 0.6 is 0 Å². The number of hydrogen-bond donors (Lipinski definition) is 2. The quantitative estimate of drug-likeness (QED) is 0.429. The molecule has 2 heteroatoms. The van der Waals surface area contributed by atoms with Crippen LogP contribution in [0.1, 0.15) is 107 Å². The Labute approximate surface area is 197 Å². The Kier molecular flexibility index (Phi) is 5.02. The first kappa shape index (κ1) is 23.4. The predicted molar refractivity (Wildman–Crippen MR) is 132 cm³/mol. The van der Waals surface area contributed by atoms with Crippen LogP contribution in [0.4, 0.5) is 0 Å². The maximum atomic E-state index is 10.9. The molecular formula is C30H50O2. The molecule has 5 rings (SSSR count). The van der Waals surface area contributed by atoms with E-state index in [1.54, 1.807) is 0 Å². The summed E-state index contributed by atoms with van der Waals surface area (Å²) >= 11 is 0. The van der Waals surface area contributed by atoms with Crippen LogP contribution in [0.5, 0.6) is 0 Å². The zero-order valence-corrected chi connectivity index (χ0v) is 22.2. The highest BCUT2D eigenvalue weighted by atomic mass is 16.3.